The van der Waals surface area contributed by atoms with E-state index >= 15 is 0 Å². The molecule has 4 aromatic rings. The Morgan fingerprint density at radius 2 is 0.906 bits per heavy atom. The summed E-state index contributed by atoms with van der Waals surface area (Å²) >= 11 is 0. The van der Waals surface area contributed by atoms with Crippen molar-refractivity contribution in [1.29, 1.82) is 0 Å². The number of rotatable bonds is 4. The second-order valence-electron chi connectivity index (χ2n) is 7.60. The largest absolute Gasteiger partial charge is 0.421 e. The van der Waals surface area contributed by atoms with Crippen molar-refractivity contribution >= 4 is 47.3 Å². The smallest absolute Gasteiger partial charge is 0.154 e. The van der Waals surface area contributed by atoms with Crippen molar-refractivity contribution < 1.29 is 4.18 Å². The van der Waals surface area contributed by atoms with E-state index in [2.05, 4.69) is 121 Å². The summed E-state index contributed by atoms with van der Waals surface area (Å²) in [5.74, 6) is 0.975. The molecule has 0 saturated heterocycles. The number of allylic oxidation sites excluding steroid dienone is 2. The molecule has 0 N–H and O–H groups in total. The molecule has 0 saturated carbocycles. The second-order valence-corrected chi connectivity index (χ2v) is 10.6. The molecule has 0 spiro atoms. The third-order valence-electron chi connectivity index (χ3n) is 5.59. The van der Waals surface area contributed by atoms with E-state index in [1.807, 2.05) is 10.8 Å². The first kappa shape index (κ1) is 19.4. The van der Waals surface area contributed by atoms with Crippen LogP contribution in [0.2, 0.25) is 0 Å². The molecule has 2 heterocycles. The fourth-order valence-electron chi connectivity index (χ4n) is 4.13. The average molecular weight is 449 g/mol. The van der Waals surface area contributed by atoms with Crippen LogP contribution in [0.15, 0.2) is 121 Å². The first-order valence-electron chi connectivity index (χ1n) is 10.6. The molecule has 3 heteroatoms. The monoisotopic (exact) mass is 448 g/mol. The van der Waals surface area contributed by atoms with Crippen molar-refractivity contribution in [2.24, 2.45) is 0 Å². The maximum Gasteiger partial charge on any atom is 0.154 e. The van der Waals surface area contributed by atoms with Gasteiger partial charge in [0.15, 0.2) is 5.76 Å². The van der Waals surface area contributed by atoms with Crippen LogP contribution in [0.4, 0.5) is 0 Å². The Morgan fingerprint density at radius 3 is 1.44 bits per heavy atom. The summed E-state index contributed by atoms with van der Waals surface area (Å²) in [5.41, 5.74) is 7.28. The van der Waals surface area contributed by atoms with Crippen LogP contribution in [-0.4, -0.2) is 4.86 Å². The van der Waals surface area contributed by atoms with E-state index in [1.54, 1.807) is 0 Å². The van der Waals surface area contributed by atoms with Gasteiger partial charge in [0.1, 0.15) is 0 Å². The number of hydrogen-bond donors (Lipinski definition) is 0. The summed E-state index contributed by atoms with van der Waals surface area (Å²) < 4.78 is 6.73. The van der Waals surface area contributed by atoms with Gasteiger partial charge in [-0.3, -0.25) is 0 Å². The molecular formula is C29H20OS2. The minimum Gasteiger partial charge on any atom is -0.421 e. The minimum atomic E-state index is -0.405. The van der Waals surface area contributed by atoms with Crippen molar-refractivity contribution in [3.8, 4) is 0 Å². The number of benzene rings is 4. The Balaban J connectivity index is 1.62. The van der Waals surface area contributed by atoms with Gasteiger partial charge >= 0.3 is 0 Å². The summed E-state index contributed by atoms with van der Waals surface area (Å²) in [6.45, 7) is 0. The fraction of sp³-hybridized carbons (Fsp3) is 0. The molecule has 0 aromatic heterocycles. The standard InChI is InChI=1S/C29H20OS2/c1-5-13-21(14-6-1)25-27(23-17-9-3-10-18-23)30-32-29(25)26(22-15-7-2-8-16-22)28(31-32)24-19-11-4-12-20-24/h1-20H. The Labute approximate surface area is 194 Å². The van der Waals surface area contributed by atoms with E-state index < -0.39 is 9.80 Å². The topological polar surface area (TPSA) is 9.23 Å². The summed E-state index contributed by atoms with van der Waals surface area (Å²) in [6, 6.07) is 42.5. The van der Waals surface area contributed by atoms with Crippen LogP contribution in [0.1, 0.15) is 22.3 Å². The summed E-state index contributed by atoms with van der Waals surface area (Å²) in [7, 11) is 1.44. The van der Waals surface area contributed by atoms with Crippen LogP contribution >= 0.6 is 20.6 Å². The van der Waals surface area contributed by atoms with Crippen molar-refractivity contribution in [2.75, 3.05) is 0 Å². The van der Waals surface area contributed by atoms with Crippen LogP contribution in [0, 0.1) is 0 Å². The molecule has 32 heavy (non-hydrogen) atoms. The third kappa shape index (κ3) is 3.35. The normalized spacial score (nSPS) is 17.5. The molecule has 4 aromatic carbocycles. The van der Waals surface area contributed by atoms with Crippen molar-refractivity contribution in [2.45, 2.75) is 0 Å². The van der Waals surface area contributed by atoms with Crippen molar-refractivity contribution in [3.63, 3.8) is 0 Å². The van der Waals surface area contributed by atoms with Gasteiger partial charge in [0.25, 0.3) is 0 Å². The summed E-state index contributed by atoms with van der Waals surface area (Å²) in [6.07, 6.45) is 0. The summed E-state index contributed by atoms with van der Waals surface area (Å²) in [5, 5.41) is 0. The van der Waals surface area contributed by atoms with Crippen LogP contribution in [-0.2, 0) is 4.18 Å². The van der Waals surface area contributed by atoms with Gasteiger partial charge in [0.2, 0.25) is 0 Å². The molecule has 2 aliphatic heterocycles. The van der Waals surface area contributed by atoms with E-state index in [-0.39, 0.29) is 0 Å². The molecule has 0 bridgehead atoms. The lowest BCUT2D eigenvalue weighted by Gasteiger charge is -2.15. The van der Waals surface area contributed by atoms with E-state index in [1.165, 1.54) is 37.6 Å². The van der Waals surface area contributed by atoms with Crippen LogP contribution in [0.5, 0.6) is 0 Å². The molecule has 6 rings (SSSR count). The molecule has 1 atom stereocenters. The molecule has 0 fully saturated rings. The zero-order chi connectivity index (χ0) is 21.3. The first-order chi connectivity index (χ1) is 15.9. The quantitative estimate of drug-likeness (QED) is 0.230. The molecule has 1 nitrogen and oxygen atoms in total. The minimum absolute atomic E-state index is 0.405. The fourth-order valence-corrected chi connectivity index (χ4v) is 8.23. The van der Waals surface area contributed by atoms with Gasteiger partial charge in [-0.2, -0.15) is 0 Å². The highest BCUT2D eigenvalue weighted by Crippen LogP contribution is 2.62. The summed E-state index contributed by atoms with van der Waals surface area (Å²) in [4.78, 5) is 2.58. The van der Waals surface area contributed by atoms with Gasteiger partial charge in [0, 0.05) is 21.6 Å². The Kier molecular flexibility index (Phi) is 5.06. The molecule has 0 amide bonds. The third-order valence-corrected chi connectivity index (χ3v) is 9.07. The van der Waals surface area contributed by atoms with Gasteiger partial charge in [-0.15, -0.1) is 0 Å². The maximum absolute atomic E-state index is 6.73. The van der Waals surface area contributed by atoms with Gasteiger partial charge in [-0.1, -0.05) is 121 Å². The first-order valence-corrected chi connectivity index (χ1v) is 13.1. The number of hydrogen-bond acceptors (Lipinski definition) is 2. The van der Waals surface area contributed by atoms with Crippen LogP contribution in [0.25, 0.3) is 21.8 Å². The van der Waals surface area contributed by atoms with Gasteiger partial charge in [-0.05, 0) is 27.5 Å². The van der Waals surface area contributed by atoms with Crippen molar-refractivity contribution in [1.82, 2.24) is 0 Å². The highest BCUT2D eigenvalue weighted by molar-refractivity contribution is 8.86. The predicted octanol–water partition coefficient (Wildman–Crippen LogP) is 8.17. The molecule has 2 aliphatic rings. The maximum atomic E-state index is 6.73. The molecule has 0 radical (unpaired) electrons. The molecule has 0 aliphatic carbocycles. The van der Waals surface area contributed by atoms with E-state index in [4.69, 9.17) is 4.18 Å². The Morgan fingerprint density at radius 1 is 0.469 bits per heavy atom. The predicted molar refractivity (Wildman–Crippen MR) is 141 cm³/mol. The Bertz CT molecular complexity index is 1260. The van der Waals surface area contributed by atoms with Crippen LogP contribution < -0.4 is 0 Å². The average Bonchev–Trinajstić information content (AvgIpc) is 3.43. The second kappa shape index (κ2) is 8.34. The van der Waals surface area contributed by atoms with E-state index in [0.29, 0.717) is 0 Å². The zero-order valence-electron chi connectivity index (χ0n) is 17.3. The van der Waals surface area contributed by atoms with Gasteiger partial charge in [-0.25, -0.2) is 0 Å². The van der Waals surface area contributed by atoms with Gasteiger partial charge < -0.3 is 4.18 Å². The van der Waals surface area contributed by atoms with Crippen molar-refractivity contribution in [3.05, 3.63) is 144 Å². The highest BCUT2D eigenvalue weighted by Gasteiger charge is 2.38. The Hall–Kier alpha value is -3.27. The lowest BCUT2D eigenvalue weighted by atomic mass is 9.90. The highest BCUT2D eigenvalue weighted by atomic mass is 33.1. The molecular weight excluding hydrogens is 428 g/mol. The molecule has 154 valence electrons. The lowest BCUT2D eigenvalue weighted by Crippen LogP contribution is -2.04. The van der Waals surface area contributed by atoms with Crippen LogP contribution in [0.3, 0.4) is 0 Å². The van der Waals surface area contributed by atoms with E-state index in [0.717, 1.165) is 11.3 Å². The SMILES string of the molecule is c1ccc(C2=C(c3ccccc3)C3=S(O2)SC(c2ccccc2)=C3c2ccccc2)cc1. The molecule has 1 unspecified atom stereocenters. The van der Waals surface area contributed by atoms with E-state index in [9.17, 15) is 0 Å². The van der Waals surface area contributed by atoms with Gasteiger partial charge in [0.05, 0.1) is 14.7 Å². The zero-order valence-corrected chi connectivity index (χ0v) is 18.9. The lowest BCUT2D eigenvalue weighted by molar-refractivity contribution is 0.617.